The van der Waals surface area contributed by atoms with Crippen molar-refractivity contribution in [2.24, 2.45) is 35.0 Å². The van der Waals surface area contributed by atoms with Crippen LogP contribution in [-0.2, 0) is 0 Å². The van der Waals surface area contributed by atoms with Crippen LogP contribution in [0.5, 0.6) is 0 Å². The average molecular weight is 325 g/mol. The van der Waals surface area contributed by atoms with Gasteiger partial charge in [-0.25, -0.2) is 0 Å². The second-order valence-corrected chi connectivity index (χ2v) is 9.51. The van der Waals surface area contributed by atoms with Crippen LogP contribution in [0.15, 0.2) is 35.5 Å². The molecule has 0 aromatic heterocycles. The molecule has 4 aliphatic rings. The molecular formula is C24H36. The van der Waals surface area contributed by atoms with Gasteiger partial charge in [-0.05, 0) is 100 Å². The van der Waals surface area contributed by atoms with E-state index in [-0.39, 0.29) is 0 Å². The van der Waals surface area contributed by atoms with Gasteiger partial charge in [-0.1, -0.05) is 48.8 Å². The van der Waals surface area contributed by atoms with Crippen LogP contribution in [-0.4, -0.2) is 0 Å². The van der Waals surface area contributed by atoms with Crippen LogP contribution in [0.1, 0.15) is 78.6 Å². The first kappa shape index (κ1) is 16.7. The summed E-state index contributed by atoms with van der Waals surface area (Å²) in [7, 11) is 0. The van der Waals surface area contributed by atoms with Gasteiger partial charge in [0.15, 0.2) is 0 Å². The lowest BCUT2D eigenvalue weighted by Gasteiger charge is -2.58. The Bertz CT molecular complexity index is 577. The van der Waals surface area contributed by atoms with Gasteiger partial charge < -0.3 is 0 Å². The lowest BCUT2D eigenvalue weighted by Crippen LogP contribution is -2.50. The molecular weight excluding hydrogens is 288 g/mol. The molecule has 0 aromatic rings. The van der Waals surface area contributed by atoms with Crippen LogP contribution in [0, 0.1) is 35.0 Å². The van der Waals surface area contributed by atoms with Crippen LogP contribution < -0.4 is 0 Å². The highest BCUT2D eigenvalue weighted by molar-refractivity contribution is 5.33. The van der Waals surface area contributed by atoms with E-state index in [0.717, 1.165) is 29.6 Å². The minimum Gasteiger partial charge on any atom is -0.0999 e. The highest BCUT2D eigenvalue weighted by Crippen LogP contribution is 2.62. The van der Waals surface area contributed by atoms with E-state index in [0.29, 0.717) is 5.41 Å². The maximum absolute atomic E-state index is 4.31. The van der Waals surface area contributed by atoms with Crippen molar-refractivity contribution in [2.45, 2.75) is 78.6 Å². The fourth-order valence-corrected chi connectivity index (χ4v) is 7.48. The smallest absolute Gasteiger partial charge is 0.00220 e. The highest BCUT2D eigenvalue weighted by atomic mass is 14.6. The van der Waals surface area contributed by atoms with Crippen molar-refractivity contribution in [3.8, 4) is 0 Å². The largest absolute Gasteiger partial charge is 0.0999 e. The maximum atomic E-state index is 4.31. The summed E-state index contributed by atoms with van der Waals surface area (Å²) in [5.41, 5.74) is 5.23. The van der Waals surface area contributed by atoms with Crippen LogP contribution in [0.4, 0.5) is 0 Å². The molecule has 0 heteroatoms. The molecule has 132 valence electrons. The molecule has 0 heterocycles. The molecule has 24 heavy (non-hydrogen) atoms. The van der Waals surface area contributed by atoms with Gasteiger partial charge in [-0.3, -0.25) is 0 Å². The molecule has 0 amide bonds. The van der Waals surface area contributed by atoms with E-state index in [1.54, 1.807) is 11.1 Å². The zero-order valence-corrected chi connectivity index (χ0v) is 16.1. The number of allylic oxidation sites excluding steroid dienone is 5. The average Bonchev–Trinajstić information content (AvgIpc) is 2.57. The Morgan fingerprint density at radius 3 is 2.67 bits per heavy atom. The molecule has 0 N–H and O–H groups in total. The quantitative estimate of drug-likeness (QED) is 0.452. The molecule has 0 aromatic carbocycles. The Balaban J connectivity index is 1.61. The van der Waals surface area contributed by atoms with E-state index >= 15 is 0 Å². The monoisotopic (exact) mass is 324 g/mol. The van der Waals surface area contributed by atoms with Gasteiger partial charge in [0.2, 0.25) is 0 Å². The van der Waals surface area contributed by atoms with Crippen molar-refractivity contribution in [3.63, 3.8) is 0 Å². The Labute approximate surface area is 149 Å². The van der Waals surface area contributed by atoms with Crippen molar-refractivity contribution >= 4 is 0 Å². The molecule has 0 saturated heterocycles. The fraction of sp³-hybridized carbons (Fsp3) is 0.750. The van der Waals surface area contributed by atoms with E-state index in [1.807, 2.05) is 0 Å². The molecule has 4 rings (SSSR count). The molecule has 0 radical (unpaired) electrons. The summed E-state index contributed by atoms with van der Waals surface area (Å²) in [5, 5.41) is 0. The minimum absolute atomic E-state index is 0.501. The van der Waals surface area contributed by atoms with Crippen LogP contribution in [0.3, 0.4) is 0 Å². The summed E-state index contributed by atoms with van der Waals surface area (Å²) in [6.07, 6.45) is 17.7. The van der Waals surface area contributed by atoms with Gasteiger partial charge >= 0.3 is 0 Å². The molecule has 0 bridgehead atoms. The summed E-state index contributed by atoms with van der Waals surface area (Å²) in [4.78, 5) is 0. The van der Waals surface area contributed by atoms with E-state index in [2.05, 4.69) is 39.5 Å². The first-order valence-electron chi connectivity index (χ1n) is 10.6. The van der Waals surface area contributed by atoms with Crippen molar-refractivity contribution in [2.75, 3.05) is 0 Å². The number of hydrogen-bond donors (Lipinski definition) is 0. The zero-order chi connectivity index (χ0) is 16.9. The van der Waals surface area contributed by atoms with Crippen molar-refractivity contribution in [1.82, 2.24) is 0 Å². The molecule has 3 fully saturated rings. The normalized spacial score (nSPS) is 45.3. The molecule has 6 atom stereocenters. The highest BCUT2D eigenvalue weighted by Gasteiger charge is 2.53. The van der Waals surface area contributed by atoms with Gasteiger partial charge in [-0.2, -0.15) is 0 Å². The van der Waals surface area contributed by atoms with Crippen LogP contribution in [0.25, 0.3) is 0 Å². The van der Waals surface area contributed by atoms with E-state index < -0.39 is 0 Å². The first-order chi connectivity index (χ1) is 11.5. The van der Waals surface area contributed by atoms with Gasteiger partial charge in [0, 0.05) is 0 Å². The molecule has 6 unspecified atom stereocenters. The number of rotatable bonds is 1. The minimum atomic E-state index is 0.501. The lowest BCUT2D eigenvalue weighted by atomic mass is 9.46. The Morgan fingerprint density at radius 1 is 1.08 bits per heavy atom. The third-order valence-electron chi connectivity index (χ3n) is 8.57. The predicted octanol–water partition coefficient (Wildman–Crippen LogP) is 7.09. The summed E-state index contributed by atoms with van der Waals surface area (Å²) in [6, 6.07) is 0. The van der Waals surface area contributed by atoms with Crippen molar-refractivity contribution in [3.05, 3.63) is 35.5 Å². The number of hydrogen-bond acceptors (Lipinski definition) is 0. The zero-order valence-electron chi connectivity index (χ0n) is 16.1. The molecule has 1 spiro atoms. The molecule has 3 saturated carbocycles. The number of fused-ring (bicyclic) bond motifs is 3. The van der Waals surface area contributed by atoms with E-state index in [4.69, 9.17) is 0 Å². The van der Waals surface area contributed by atoms with Gasteiger partial charge in [0.1, 0.15) is 0 Å². The molecule has 4 aliphatic carbocycles. The fourth-order valence-electron chi connectivity index (χ4n) is 7.48. The Morgan fingerprint density at radius 2 is 1.92 bits per heavy atom. The van der Waals surface area contributed by atoms with Gasteiger partial charge in [0.05, 0.1) is 0 Å². The van der Waals surface area contributed by atoms with Crippen LogP contribution in [0.2, 0.25) is 0 Å². The maximum Gasteiger partial charge on any atom is -0.00220 e. The SMILES string of the molecule is C=C1CCC2C(CCC3C2CCC2(CC=C(C)C=C2C)C3CC)C1. The topological polar surface area (TPSA) is 0 Å². The van der Waals surface area contributed by atoms with Crippen molar-refractivity contribution < 1.29 is 0 Å². The van der Waals surface area contributed by atoms with Crippen molar-refractivity contribution in [1.29, 1.82) is 0 Å². The summed E-state index contributed by atoms with van der Waals surface area (Å²) >= 11 is 0. The molecule has 0 aliphatic heterocycles. The van der Waals surface area contributed by atoms with Crippen LogP contribution >= 0.6 is 0 Å². The second kappa shape index (κ2) is 6.19. The third kappa shape index (κ3) is 2.47. The Kier molecular flexibility index (Phi) is 4.30. The van der Waals surface area contributed by atoms with E-state index in [9.17, 15) is 0 Å². The predicted molar refractivity (Wildman–Crippen MR) is 104 cm³/mol. The standard InChI is InChI=1S/C24H36/c1-5-23-22-9-7-19-15-16(2)6-8-20(19)21(22)11-13-24(23)12-10-17(3)14-18(24)4/h10,14,19-23H,2,5-9,11-13,15H2,1,3-4H3. The summed E-state index contributed by atoms with van der Waals surface area (Å²) in [6.45, 7) is 11.5. The van der Waals surface area contributed by atoms with Gasteiger partial charge in [0.25, 0.3) is 0 Å². The van der Waals surface area contributed by atoms with E-state index in [1.165, 1.54) is 63.4 Å². The second-order valence-electron chi connectivity index (χ2n) is 9.51. The first-order valence-corrected chi connectivity index (χ1v) is 10.6. The lowest BCUT2D eigenvalue weighted by molar-refractivity contribution is -0.0522. The Hall–Kier alpha value is -0.780. The summed E-state index contributed by atoms with van der Waals surface area (Å²) in [5.74, 6) is 4.93. The van der Waals surface area contributed by atoms with Gasteiger partial charge in [-0.15, -0.1) is 0 Å². The third-order valence-corrected chi connectivity index (χ3v) is 8.57. The molecule has 0 nitrogen and oxygen atoms in total. The summed E-state index contributed by atoms with van der Waals surface area (Å²) < 4.78 is 0.